The van der Waals surface area contributed by atoms with Crippen molar-refractivity contribution in [1.82, 2.24) is 10.2 Å². The van der Waals surface area contributed by atoms with E-state index in [0.717, 1.165) is 24.0 Å². The molecule has 0 spiro atoms. The lowest BCUT2D eigenvalue weighted by atomic mass is 10.1. The van der Waals surface area contributed by atoms with Gasteiger partial charge in [-0.2, -0.15) is 0 Å². The Morgan fingerprint density at radius 3 is 2.33 bits per heavy atom. The highest BCUT2D eigenvalue weighted by Crippen LogP contribution is 2.14. The third kappa shape index (κ3) is 6.72. The Morgan fingerprint density at radius 1 is 1.04 bits per heavy atom. The smallest absolute Gasteiger partial charge is 0.242 e. The zero-order valence-electron chi connectivity index (χ0n) is 16.0. The number of rotatable bonds is 9. The third-order valence-electron chi connectivity index (χ3n) is 4.46. The molecule has 0 saturated carbocycles. The van der Waals surface area contributed by atoms with Gasteiger partial charge >= 0.3 is 0 Å². The Bertz CT molecular complexity index is 732. The monoisotopic (exact) mass is 386 g/mol. The lowest BCUT2D eigenvalue weighted by molar-refractivity contribution is -0.140. The van der Waals surface area contributed by atoms with E-state index < -0.39 is 6.04 Å². The molecular weight excluding hydrogens is 360 g/mol. The summed E-state index contributed by atoms with van der Waals surface area (Å²) in [6.07, 6.45) is 2.17. The number of hydrogen-bond acceptors (Lipinski definition) is 2. The van der Waals surface area contributed by atoms with Gasteiger partial charge < -0.3 is 10.2 Å². The summed E-state index contributed by atoms with van der Waals surface area (Å²) in [7, 11) is 0. The van der Waals surface area contributed by atoms with Gasteiger partial charge in [0.05, 0.1) is 6.42 Å². The Kier molecular flexibility index (Phi) is 8.34. The van der Waals surface area contributed by atoms with Gasteiger partial charge in [-0.3, -0.25) is 9.59 Å². The van der Waals surface area contributed by atoms with Crippen molar-refractivity contribution in [1.29, 1.82) is 0 Å². The predicted octanol–water partition coefficient (Wildman–Crippen LogP) is 4.22. The van der Waals surface area contributed by atoms with Gasteiger partial charge in [0, 0.05) is 18.1 Å². The van der Waals surface area contributed by atoms with E-state index in [4.69, 9.17) is 11.6 Å². The number of carbonyl (C=O) groups excluding carboxylic acids is 2. The third-order valence-corrected chi connectivity index (χ3v) is 4.71. The van der Waals surface area contributed by atoms with Crippen LogP contribution in [0.1, 0.15) is 37.8 Å². The highest BCUT2D eigenvalue weighted by molar-refractivity contribution is 6.30. The maximum atomic E-state index is 13.0. The maximum Gasteiger partial charge on any atom is 0.242 e. The lowest BCUT2D eigenvalue weighted by Gasteiger charge is -2.29. The Labute approximate surface area is 166 Å². The van der Waals surface area contributed by atoms with E-state index in [1.807, 2.05) is 42.5 Å². The molecule has 27 heavy (non-hydrogen) atoms. The van der Waals surface area contributed by atoms with Crippen molar-refractivity contribution < 1.29 is 9.59 Å². The molecule has 1 N–H and O–H groups in total. The summed E-state index contributed by atoms with van der Waals surface area (Å²) in [4.78, 5) is 27.2. The van der Waals surface area contributed by atoms with Gasteiger partial charge in [0.25, 0.3) is 0 Å². The molecule has 0 heterocycles. The van der Waals surface area contributed by atoms with Crippen LogP contribution < -0.4 is 5.32 Å². The number of nitrogens with zero attached hydrogens (tertiary/aromatic N) is 1. The largest absolute Gasteiger partial charge is 0.354 e. The zero-order valence-corrected chi connectivity index (χ0v) is 16.7. The summed E-state index contributed by atoms with van der Waals surface area (Å²) in [6.45, 7) is 4.89. The predicted molar refractivity (Wildman–Crippen MR) is 110 cm³/mol. The average molecular weight is 387 g/mol. The van der Waals surface area contributed by atoms with Gasteiger partial charge in [-0.05, 0) is 36.6 Å². The van der Waals surface area contributed by atoms with Crippen LogP contribution in [0.15, 0.2) is 54.6 Å². The molecule has 0 saturated heterocycles. The van der Waals surface area contributed by atoms with Crippen LogP contribution in [0, 0.1) is 0 Å². The zero-order chi connectivity index (χ0) is 19.6. The first-order valence-electron chi connectivity index (χ1n) is 9.36. The summed E-state index contributed by atoms with van der Waals surface area (Å²) < 4.78 is 0. The van der Waals surface area contributed by atoms with Crippen LogP contribution in [0.2, 0.25) is 5.02 Å². The first-order valence-corrected chi connectivity index (χ1v) is 9.74. The quantitative estimate of drug-likeness (QED) is 0.656. The van der Waals surface area contributed by atoms with E-state index in [9.17, 15) is 9.59 Å². The fraction of sp³-hybridized carbons (Fsp3) is 0.364. The van der Waals surface area contributed by atoms with Crippen LogP contribution in [0.4, 0.5) is 0 Å². The van der Waals surface area contributed by atoms with E-state index in [0.29, 0.717) is 18.1 Å². The van der Waals surface area contributed by atoms with Gasteiger partial charge in [0.15, 0.2) is 0 Å². The Morgan fingerprint density at radius 2 is 1.70 bits per heavy atom. The number of benzene rings is 2. The summed E-state index contributed by atoms with van der Waals surface area (Å²) in [6, 6.07) is 16.4. The fourth-order valence-electron chi connectivity index (χ4n) is 2.78. The summed E-state index contributed by atoms with van der Waals surface area (Å²) in [5, 5.41) is 3.56. The second-order valence-electron chi connectivity index (χ2n) is 6.63. The molecule has 0 unspecified atom stereocenters. The highest BCUT2D eigenvalue weighted by Gasteiger charge is 2.25. The van der Waals surface area contributed by atoms with Gasteiger partial charge in [0.1, 0.15) is 6.04 Å². The Balaban J connectivity index is 2.13. The van der Waals surface area contributed by atoms with Crippen LogP contribution in [-0.4, -0.2) is 29.3 Å². The van der Waals surface area contributed by atoms with Crippen LogP contribution in [0.5, 0.6) is 0 Å². The van der Waals surface area contributed by atoms with Crippen molar-refractivity contribution in [2.75, 3.05) is 6.54 Å². The second kappa shape index (κ2) is 10.7. The second-order valence-corrected chi connectivity index (χ2v) is 7.07. The van der Waals surface area contributed by atoms with E-state index in [-0.39, 0.29) is 18.2 Å². The van der Waals surface area contributed by atoms with Crippen LogP contribution in [-0.2, 0) is 22.6 Å². The van der Waals surface area contributed by atoms with Gasteiger partial charge in [-0.1, -0.05) is 67.4 Å². The Hall–Kier alpha value is -2.33. The van der Waals surface area contributed by atoms with Gasteiger partial charge in [0.2, 0.25) is 11.8 Å². The van der Waals surface area contributed by atoms with Crippen molar-refractivity contribution >= 4 is 23.4 Å². The molecule has 0 radical (unpaired) electrons. The minimum absolute atomic E-state index is 0.0840. The number of hydrogen-bond donors (Lipinski definition) is 1. The lowest BCUT2D eigenvalue weighted by Crippen LogP contribution is -2.48. The molecule has 2 aromatic rings. The molecule has 2 amide bonds. The van der Waals surface area contributed by atoms with Crippen LogP contribution in [0.3, 0.4) is 0 Å². The molecule has 2 aromatic carbocycles. The topological polar surface area (TPSA) is 49.4 Å². The van der Waals surface area contributed by atoms with E-state index in [1.165, 1.54) is 0 Å². The molecule has 5 heteroatoms. The van der Waals surface area contributed by atoms with Gasteiger partial charge in [-0.15, -0.1) is 0 Å². The molecule has 0 bridgehead atoms. The molecular formula is C22H27ClN2O2. The molecule has 1 atom stereocenters. The summed E-state index contributed by atoms with van der Waals surface area (Å²) in [5.41, 5.74) is 1.87. The van der Waals surface area contributed by atoms with Crippen molar-refractivity contribution in [3.05, 3.63) is 70.7 Å². The van der Waals surface area contributed by atoms with Crippen molar-refractivity contribution in [2.24, 2.45) is 0 Å². The molecule has 0 aliphatic carbocycles. The normalized spacial score (nSPS) is 11.7. The first-order chi connectivity index (χ1) is 13.0. The number of nitrogens with one attached hydrogen (secondary N) is 1. The minimum atomic E-state index is -0.540. The minimum Gasteiger partial charge on any atom is -0.354 e. The number of amides is 2. The molecule has 0 aromatic heterocycles. The summed E-state index contributed by atoms with van der Waals surface area (Å²) >= 11 is 5.92. The average Bonchev–Trinajstić information content (AvgIpc) is 2.68. The molecule has 144 valence electrons. The van der Waals surface area contributed by atoms with E-state index in [1.54, 1.807) is 24.0 Å². The first kappa shape index (κ1) is 21.0. The van der Waals surface area contributed by atoms with E-state index in [2.05, 4.69) is 12.2 Å². The maximum absolute atomic E-state index is 13.0. The fourth-order valence-corrected chi connectivity index (χ4v) is 2.90. The number of unbranched alkanes of at least 4 members (excludes halogenated alkanes) is 1. The standard InChI is InChI=1S/C22H27ClN2O2/c1-3-4-14-24-22(27)17(2)25(16-19-8-6-5-7-9-19)21(26)15-18-10-12-20(23)13-11-18/h5-13,17H,3-4,14-16H2,1-2H3,(H,24,27)/t17-/m0/s1. The molecule has 0 aliphatic heterocycles. The van der Waals surface area contributed by atoms with Crippen LogP contribution in [0.25, 0.3) is 0 Å². The van der Waals surface area contributed by atoms with Gasteiger partial charge in [-0.25, -0.2) is 0 Å². The van der Waals surface area contributed by atoms with Crippen molar-refractivity contribution in [3.8, 4) is 0 Å². The highest BCUT2D eigenvalue weighted by atomic mass is 35.5. The molecule has 0 aliphatic rings. The number of halogens is 1. The van der Waals surface area contributed by atoms with Crippen molar-refractivity contribution in [2.45, 2.75) is 45.7 Å². The summed E-state index contributed by atoms with van der Waals surface area (Å²) in [5.74, 6) is -0.205. The molecule has 0 fully saturated rings. The number of carbonyl (C=O) groups is 2. The van der Waals surface area contributed by atoms with E-state index >= 15 is 0 Å². The molecule has 2 rings (SSSR count). The van der Waals surface area contributed by atoms with Crippen molar-refractivity contribution in [3.63, 3.8) is 0 Å². The SMILES string of the molecule is CCCCNC(=O)[C@H](C)N(Cc1ccccc1)C(=O)Cc1ccc(Cl)cc1. The molecule has 4 nitrogen and oxygen atoms in total. The van der Waals surface area contributed by atoms with Crippen LogP contribution >= 0.6 is 11.6 Å².